The normalized spacial score (nSPS) is 21.3. The van der Waals surface area contributed by atoms with Gasteiger partial charge in [0, 0.05) is 0 Å². The lowest BCUT2D eigenvalue weighted by atomic mass is 9.93. The summed E-state index contributed by atoms with van der Waals surface area (Å²) in [6.07, 6.45) is 1.08. The molecule has 120 valence electrons. The predicted molar refractivity (Wildman–Crippen MR) is 80.7 cm³/mol. The summed E-state index contributed by atoms with van der Waals surface area (Å²) in [6, 6.07) is -0.261. The minimum atomic E-state index is -0.926. The molecular formula is C16H27NO4. The topological polar surface area (TPSA) is 66.8 Å². The van der Waals surface area contributed by atoms with E-state index in [-0.39, 0.29) is 24.5 Å². The number of imide groups is 1. The van der Waals surface area contributed by atoms with Crippen molar-refractivity contribution in [1.29, 1.82) is 0 Å². The molecule has 1 fully saturated rings. The van der Waals surface area contributed by atoms with E-state index in [1.165, 1.54) is 0 Å². The van der Waals surface area contributed by atoms with E-state index >= 15 is 0 Å². The summed E-state index contributed by atoms with van der Waals surface area (Å²) < 4.78 is 4.98. The van der Waals surface area contributed by atoms with E-state index in [0.717, 1.165) is 17.7 Å². The van der Waals surface area contributed by atoms with Crippen LogP contribution in [0.1, 0.15) is 47.0 Å². The summed E-state index contributed by atoms with van der Waals surface area (Å²) in [6.45, 7) is 11.6. The molecule has 2 amide bonds. The smallest absolute Gasteiger partial charge is 0.416 e. The molecule has 0 radical (unpaired) electrons. The molecule has 0 bridgehead atoms. The van der Waals surface area contributed by atoms with Gasteiger partial charge < -0.3 is 9.84 Å². The average Bonchev–Trinajstić information content (AvgIpc) is 2.84. The van der Waals surface area contributed by atoms with Gasteiger partial charge in [0.05, 0.1) is 18.1 Å². The molecule has 0 aromatic carbocycles. The lowest BCUT2D eigenvalue weighted by molar-refractivity contribution is -0.136. The van der Waals surface area contributed by atoms with Crippen molar-refractivity contribution in [1.82, 2.24) is 4.90 Å². The number of carbonyl (C=O) groups excluding carboxylic acids is 2. The Morgan fingerprint density at radius 2 is 2.10 bits per heavy atom. The van der Waals surface area contributed by atoms with E-state index in [2.05, 4.69) is 13.5 Å². The van der Waals surface area contributed by atoms with Gasteiger partial charge >= 0.3 is 6.09 Å². The molecule has 5 heteroatoms. The molecule has 21 heavy (non-hydrogen) atoms. The molecule has 3 atom stereocenters. The SMILES string of the molecule is C=C(CCCC)[C@@H](O)[C@H](C)C(=O)N1C(=O)OC[C@@H]1C(C)C. The van der Waals surface area contributed by atoms with Crippen molar-refractivity contribution in [2.45, 2.75) is 59.1 Å². The van der Waals surface area contributed by atoms with E-state index in [0.29, 0.717) is 12.0 Å². The zero-order chi connectivity index (χ0) is 16.2. The highest BCUT2D eigenvalue weighted by Crippen LogP contribution is 2.25. The van der Waals surface area contributed by atoms with Crippen molar-refractivity contribution < 1.29 is 19.4 Å². The third-order valence-electron chi connectivity index (χ3n) is 4.05. The zero-order valence-electron chi connectivity index (χ0n) is 13.5. The molecule has 0 aliphatic carbocycles. The van der Waals surface area contributed by atoms with Crippen LogP contribution >= 0.6 is 0 Å². The van der Waals surface area contributed by atoms with Crippen molar-refractivity contribution in [3.63, 3.8) is 0 Å². The first-order chi connectivity index (χ1) is 9.81. The molecule has 1 heterocycles. The predicted octanol–water partition coefficient (Wildman–Crippen LogP) is 2.73. The lowest BCUT2D eigenvalue weighted by Gasteiger charge is -2.28. The Bertz CT molecular complexity index is 405. The van der Waals surface area contributed by atoms with Crippen molar-refractivity contribution in [3.05, 3.63) is 12.2 Å². The number of hydrogen-bond acceptors (Lipinski definition) is 4. The van der Waals surface area contributed by atoms with E-state index in [4.69, 9.17) is 4.74 Å². The fourth-order valence-electron chi connectivity index (χ4n) is 2.44. The van der Waals surface area contributed by atoms with E-state index < -0.39 is 18.1 Å². The summed E-state index contributed by atoms with van der Waals surface area (Å²) >= 11 is 0. The number of ether oxygens (including phenoxy) is 1. The van der Waals surface area contributed by atoms with Crippen LogP contribution in [0.3, 0.4) is 0 Å². The monoisotopic (exact) mass is 297 g/mol. The number of nitrogens with zero attached hydrogens (tertiary/aromatic N) is 1. The molecule has 0 saturated carbocycles. The number of amides is 2. The molecule has 0 spiro atoms. The Labute approximate surface area is 127 Å². The fourth-order valence-corrected chi connectivity index (χ4v) is 2.44. The molecule has 5 nitrogen and oxygen atoms in total. The van der Waals surface area contributed by atoms with Crippen molar-refractivity contribution >= 4 is 12.0 Å². The van der Waals surface area contributed by atoms with Crippen LogP contribution in [0.15, 0.2) is 12.2 Å². The number of aliphatic hydroxyl groups is 1. The van der Waals surface area contributed by atoms with Gasteiger partial charge in [-0.25, -0.2) is 9.69 Å². The largest absolute Gasteiger partial charge is 0.447 e. The number of unbranched alkanes of at least 4 members (excludes halogenated alkanes) is 1. The molecule has 1 aliphatic heterocycles. The number of carbonyl (C=O) groups is 2. The first kappa shape index (κ1) is 17.7. The first-order valence-electron chi connectivity index (χ1n) is 7.66. The number of hydrogen-bond donors (Lipinski definition) is 1. The average molecular weight is 297 g/mol. The van der Waals surface area contributed by atoms with Gasteiger partial charge in [0.25, 0.3) is 0 Å². The molecule has 1 N–H and O–H groups in total. The molecule has 0 aromatic heterocycles. The third-order valence-corrected chi connectivity index (χ3v) is 4.05. The van der Waals surface area contributed by atoms with Crippen LogP contribution in [-0.2, 0) is 9.53 Å². The van der Waals surface area contributed by atoms with Crippen LogP contribution in [-0.4, -0.2) is 40.8 Å². The Kier molecular flexibility index (Phi) is 6.40. The lowest BCUT2D eigenvalue weighted by Crippen LogP contribution is -2.47. The summed E-state index contributed by atoms with van der Waals surface area (Å²) in [5.41, 5.74) is 0.645. The molecule has 1 aliphatic rings. The third kappa shape index (κ3) is 4.06. The first-order valence-corrected chi connectivity index (χ1v) is 7.66. The quantitative estimate of drug-likeness (QED) is 0.734. The highest BCUT2D eigenvalue weighted by molar-refractivity contribution is 5.95. The molecule has 1 saturated heterocycles. The second-order valence-electron chi connectivity index (χ2n) is 6.09. The zero-order valence-corrected chi connectivity index (χ0v) is 13.5. The summed E-state index contributed by atoms with van der Waals surface area (Å²) in [5, 5.41) is 10.3. The maximum absolute atomic E-state index is 12.5. The molecule has 1 rings (SSSR count). The number of cyclic esters (lactones) is 1. The fraction of sp³-hybridized carbons (Fsp3) is 0.750. The van der Waals surface area contributed by atoms with Gasteiger partial charge in [-0.1, -0.05) is 40.7 Å². The van der Waals surface area contributed by atoms with Gasteiger partial charge in [0.15, 0.2) is 0 Å². The summed E-state index contributed by atoms with van der Waals surface area (Å²) in [4.78, 5) is 25.5. The standard InChI is InChI=1S/C16H27NO4/c1-6-7-8-11(4)14(18)12(5)15(19)17-13(10(2)3)9-21-16(17)20/h10,12-14,18H,4,6-9H2,1-3,5H3/t12-,13+,14+/m0/s1. The van der Waals surface area contributed by atoms with Gasteiger partial charge in [-0.05, 0) is 24.3 Å². The molecule has 0 unspecified atom stereocenters. The second kappa shape index (κ2) is 7.59. The molecule has 0 aromatic rings. The van der Waals surface area contributed by atoms with Crippen LogP contribution in [0.4, 0.5) is 4.79 Å². The summed E-state index contributed by atoms with van der Waals surface area (Å²) in [7, 11) is 0. The maximum atomic E-state index is 12.5. The second-order valence-corrected chi connectivity index (χ2v) is 6.09. The Balaban J connectivity index is 2.76. The Morgan fingerprint density at radius 1 is 1.48 bits per heavy atom. The van der Waals surface area contributed by atoms with Crippen LogP contribution in [0, 0.1) is 11.8 Å². The van der Waals surface area contributed by atoms with E-state index in [1.807, 2.05) is 13.8 Å². The highest BCUT2D eigenvalue weighted by Gasteiger charge is 2.42. The van der Waals surface area contributed by atoms with Crippen molar-refractivity contribution in [2.75, 3.05) is 6.61 Å². The molecular weight excluding hydrogens is 270 g/mol. The number of rotatable bonds is 7. The minimum Gasteiger partial charge on any atom is -0.447 e. The number of aliphatic hydroxyl groups excluding tert-OH is 1. The van der Waals surface area contributed by atoms with Crippen molar-refractivity contribution in [2.24, 2.45) is 11.8 Å². The van der Waals surface area contributed by atoms with Crippen molar-refractivity contribution in [3.8, 4) is 0 Å². The highest BCUT2D eigenvalue weighted by atomic mass is 16.6. The Hall–Kier alpha value is -1.36. The van der Waals surface area contributed by atoms with Crippen LogP contribution in [0.25, 0.3) is 0 Å². The van der Waals surface area contributed by atoms with Crippen LogP contribution < -0.4 is 0 Å². The van der Waals surface area contributed by atoms with Gasteiger partial charge in [-0.2, -0.15) is 0 Å². The van der Waals surface area contributed by atoms with Crippen LogP contribution in [0.5, 0.6) is 0 Å². The van der Waals surface area contributed by atoms with E-state index in [1.54, 1.807) is 6.92 Å². The summed E-state index contributed by atoms with van der Waals surface area (Å²) in [5.74, 6) is -0.962. The van der Waals surface area contributed by atoms with E-state index in [9.17, 15) is 14.7 Å². The maximum Gasteiger partial charge on any atom is 0.416 e. The van der Waals surface area contributed by atoms with Gasteiger partial charge in [0.1, 0.15) is 6.61 Å². The van der Waals surface area contributed by atoms with Gasteiger partial charge in [0.2, 0.25) is 5.91 Å². The van der Waals surface area contributed by atoms with Gasteiger partial charge in [-0.3, -0.25) is 4.79 Å². The van der Waals surface area contributed by atoms with Crippen LogP contribution in [0.2, 0.25) is 0 Å². The Morgan fingerprint density at radius 3 is 2.62 bits per heavy atom. The van der Waals surface area contributed by atoms with Gasteiger partial charge in [-0.15, -0.1) is 0 Å². The minimum absolute atomic E-state index is 0.119.